The van der Waals surface area contributed by atoms with Crippen LogP contribution in [0, 0.1) is 11.8 Å². The number of benzene rings is 1. The first-order valence-electron chi connectivity index (χ1n) is 10.4. The fourth-order valence-electron chi connectivity index (χ4n) is 3.40. The number of carbonyl (C=O) groups is 1. The summed E-state index contributed by atoms with van der Waals surface area (Å²) in [7, 11) is 0. The van der Waals surface area contributed by atoms with Crippen LogP contribution in [0.4, 0.5) is 17.1 Å². The maximum atomic E-state index is 12.3. The Hall–Kier alpha value is -2.56. The number of amides is 1. The van der Waals surface area contributed by atoms with Crippen molar-refractivity contribution in [1.29, 1.82) is 0 Å². The smallest absolute Gasteiger partial charge is 0.252 e. The molecule has 5 heteroatoms. The molecule has 0 spiro atoms. The van der Waals surface area contributed by atoms with Crippen molar-refractivity contribution in [2.45, 2.75) is 40.0 Å². The Morgan fingerprint density at radius 1 is 1.14 bits per heavy atom. The van der Waals surface area contributed by atoms with E-state index in [1.54, 1.807) is 12.4 Å². The van der Waals surface area contributed by atoms with Gasteiger partial charge in [-0.25, -0.2) is 0 Å². The SMILES string of the molecule is CC(C)CCNC(=O)c1cncc(Nc2ccc(N3CCC(C)CC3)cc2)c1. The Balaban J connectivity index is 1.58. The molecule has 0 radical (unpaired) electrons. The molecule has 28 heavy (non-hydrogen) atoms. The number of aromatic nitrogens is 1. The normalized spacial score (nSPS) is 14.9. The van der Waals surface area contributed by atoms with E-state index in [9.17, 15) is 4.79 Å². The van der Waals surface area contributed by atoms with Gasteiger partial charge in [-0.3, -0.25) is 9.78 Å². The van der Waals surface area contributed by atoms with Gasteiger partial charge in [0.15, 0.2) is 0 Å². The van der Waals surface area contributed by atoms with Crippen LogP contribution in [-0.2, 0) is 0 Å². The summed E-state index contributed by atoms with van der Waals surface area (Å²) in [6, 6.07) is 10.3. The van der Waals surface area contributed by atoms with Crippen molar-refractivity contribution >= 4 is 23.0 Å². The summed E-state index contributed by atoms with van der Waals surface area (Å²) >= 11 is 0. The van der Waals surface area contributed by atoms with Crippen molar-refractivity contribution in [3.05, 3.63) is 48.3 Å². The fourth-order valence-corrected chi connectivity index (χ4v) is 3.40. The lowest BCUT2D eigenvalue weighted by molar-refractivity contribution is 0.0951. The second kappa shape index (κ2) is 9.58. The highest BCUT2D eigenvalue weighted by Crippen LogP contribution is 2.25. The summed E-state index contributed by atoms with van der Waals surface area (Å²) in [5.41, 5.74) is 3.66. The maximum absolute atomic E-state index is 12.3. The molecule has 2 aromatic rings. The first-order valence-corrected chi connectivity index (χ1v) is 10.4. The molecular formula is C23H32N4O. The highest BCUT2D eigenvalue weighted by molar-refractivity contribution is 5.94. The number of piperidine rings is 1. The first kappa shape index (κ1) is 20.2. The number of anilines is 3. The zero-order valence-corrected chi connectivity index (χ0v) is 17.2. The van der Waals surface area contributed by atoms with E-state index in [2.05, 4.69) is 65.6 Å². The largest absolute Gasteiger partial charge is 0.372 e. The van der Waals surface area contributed by atoms with E-state index in [1.165, 1.54) is 18.5 Å². The van der Waals surface area contributed by atoms with Gasteiger partial charge in [0.1, 0.15) is 0 Å². The summed E-state index contributed by atoms with van der Waals surface area (Å²) in [6.45, 7) is 9.57. The standard InChI is InChI=1S/C23H32N4O/c1-17(2)8-11-25-23(28)19-14-21(16-24-15-19)26-20-4-6-22(7-5-20)27-12-9-18(3)10-13-27/h4-7,14-18,26H,8-13H2,1-3H3,(H,25,28). The van der Waals surface area contributed by atoms with E-state index in [0.29, 0.717) is 18.0 Å². The van der Waals surface area contributed by atoms with Crippen molar-refractivity contribution < 1.29 is 4.79 Å². The fraction of sp³-hybridized carbons (Fsp3) is 0.478. The highest BCUT2D eigenvalue weighted by atomic mass is 16.1. The molecule has 0 aliphatic carbocycles. The minimum absolute atomic E-state index is 0.0773. The van der Waals surface area contributed by atoms with Gasteiger partial charge >= 0.3 is 0 Å². The van der Waals surface area contributed by atoms with Crippen LogP contribution >= 0.6 is 0 Å². The Kier molecular flexibility index (Phi) is 6.90. The van der Waals surface area contributed by atoms with Crippen LogP contribution in [0.1, 0.15) is 50.4 Å². The predicted octanol–water partition coefficient (Wildman–Crippen LogP) is 4.84. The molecule has 1 aliphatic rings. The third-order valence-corrected chi connectivity index (χ3v) is 5.31. The highest BCUT2D eigenvalue weighted by Gasteiger charge is 2.15. The summed E-state index contributed by atoms with van der Waals surface area (Å²) in [5, 5.41) is 6.31. The molecule has 2 heterocycles. The van der Waals surface area contributed by atoms with Gasteiger partial charge in [0.2, 0.25) is 0 Å². The van der Waals surface area contributed by atoms with Crippen LogP contribution < -0.4 is 15.5 Å². The van der Waals surface area contributed by atoms with Crippen LogP contribution in [0.5, 0.6) is 0 Å². The zero-order valence-electron chi connectivity index (χ0n) is 17.2. The van der Waals surface area contributed by atoms with Gasteiger partial charge in [0, 0.05) is 37.2 Å². The van der Waals surface area contributed by atoms with Crippen LogP contribution in [0.3, 0.4) is 0 Å². The van der Waals surface area contributed by atoms with Gasteiger partial charge < -0.3 is 15.5 Å². The lowest BCUT2D eigenvalue weighted by Gasteiger charge is -2.32. The van der Waals surface area contributed by atoms with Crippen molar-refractivity contribution in [3.8, 4) is 0 Å². The van der Waals surface area contributed by atoms with E-state index in [-0.39, 0.29) is 5.91 Å². The minimum atomic E-state index is -0.0773. The van der Waals surface area contributed by atoms with Crippen LogP contribution in [0.25, 0.3) is 0 Å². The molecule has 1 aliphatic heterocycles. The summed E-state index contributed by atoms with van der Waals surface area (Å²) < 4.78 is 0. The molecule has 0 saturated carbocycles. The van der Waals surface area contributed by atoms with Crippen molar-refractivity contribution in [2.24, 2.45) is 11.8 Å². The Bertz CT molecular complexity index is 764. The first-order chi connectivity index (χ1) is 13.5. The predicted molar refractivity (Wildman–Crippen MR) is 116 cm³/mol. The van der Waals surface area contributed by atoms with Crippen molar-refractivity contribution in [3.63, 3.8) is 0 Å². The number of nitrogens with one attached hydrogen (secondary N) is 2. The third kappa shape index (κ3) is 5.72. The molecule has 150 valence electrons. The number of carbonyl (C=O) groups excluding carboxylic acids is 1. The average Bonchev–Trinajstić information content (AvgIpc) is 2.69. The molecule has 1 amide bonds. The number of pyridine rings is 1. The van der Waals surface area contributed by atoms with Gasteiger partial charge in [-0.2, -0.15) is 0 Å². The molecule has 0 atom stereocenters. The Labute approximate surface area is 168 Å². The molecule has 2 N–H and O–H groups in total. The van der Waals surface area contributed by atoms with Gasteiger partial charge in [-0.1, -0.05) is 20.8 Å². The molecule has 3 rings (SSSR count). The van der Waals surface area contributed by atoms with Gasteiger partial charge in [-0.15, -0.1) is 0 Å². The molecule has 1 aromatic heterocycles. The monoisotopic (exact) mass is 380 g/mol. The molecule has 0 bridgehead atoms. The van der Waals surface area contributed by atoms with Crippen LogP contribution in [0.15, 0.2) is 42.7 Å². The van der Waals surface area contributed by atoms with E-state index < -0.39 is 0 Å². The number of rotatable bonds is 7. The summed E-state index contributed by atoms with van der Waals surface area (Å²) in [5.74, 6) is 1.33. The van der Waals surface area contributed by atoms with E-state index in [4.69, 9.17) is 0 Å². The number of hydrogen-bond acceptors (Lipinski definition) is 4. The molecule has 5 nitrogen and oxygen atoms in total. The van der Waals surface area contributed by atoms with E-state index >= 15 is 0 Å². The number of hydrogen-bond donors (Lipinski definition) is 2. The van der Waals surface area contributed by atoms with Crippen molar-refractivity contribution in [1.82, 2.24) is 10.3 Å². The van der Waals surface area contributed by atoms with Gasteiger partial charge in [-0.05, 0) is 61.4 Å². The molecule has 1 fully saturated rings. The summed E-state index contributed by atoms with van der Waals surface area (Å²) in [6.07, 6.45) is 6.84. The lowest BCUT2D eigenvalue weighted by atomic mass is 9.99. The van der Waals surface area contributed by atoms with Crippen LogP contribution in [0.2, 0.25) is 0 Å². The van der Waals surface area contributed by atoms with Gasteiger partial charge in [0.25, 0.3) is 5.91 Å². The van der Waals surface area contributed by atoms with E-state index in [1.807, 2.05) is 6.07 Å². The Morgan fingerprint density at radius 2 is 1.86 bits per heavy atom. The molecule has 1 saturated heterocycles. The maximum Gasteiger partial charge on any atom is 0.252 e. The molecular weight excluding hydrogens is 348 g/mol. The van der Waals surface area contributed by atoms with E-state index in [0.717, 1.165) is 36.8 Å². The van der Waals surface area contributed by atoms with Crippen molar-refractivity contribution in [2.75, 3.05) is 29.9 Å². The minimum Gasteiger partial charge on any atom is -0.372 e. The number of nitrogens with zero attached hydrogens (tertiary/aromatic N) is 2. The molecule has 0 unspecified atom stereocenters. The zero-order chi connectivity index (χ0) is 19.9. The second-order valence-corrected chi connectivity index (χ2v) is 8.24. The van der Waals surface area contributed by atoms with Gasteiger partial charge in [0.05, 0.1) is 17.4 Å². The second-order valence-electron chi connectivity index (χ2n) is 8.24. The van der Waals surface area contributed by atoms with Crippen LogP contribution in [-0.4, -0.2) is 30.5 Å². The average molecular weight is 381 g/mol. The quantitative estimate of drug-likeness (QED) is 0.722. The third-order valence-electron chi connectivity index (χ3n) is 5.31. The summed E-state index contributed by atoms with van der Waals surface area (Å²) in [4.78, 5) is 19.0. The molecule has 1 aromatic carbocycles. The topological polar surface area (TPSA) is 57.3 Å². The Morgan fingerprint density at radius 3 is 2.54 bits per heavy atom. The lowest BCUT2D eigenvalue weighted by Crippen LogP contribution is -2.32.